The first-order chi connectivity index (χ1) is 19.9. The van der Waals surface area contributed by atoms with Gasteiger partial charge in [-0.25, -0.2) is 4.39 Å². The Morgan fingerprint density at radius 3 is 1.59 bits per heavy atom. The van der Waals surface area contributed by atoms with Gasteiger partial charge in [-0.3, -0.25) is 24.2 Å². The van der Waals surface area contributed by atoms with Crippen molar-refractivity contribution in [3.8, 4) is 0 Å². The molecule has 10 nitrogen and oxygen atoms in total. The molecule has 0 bridgehead atoms. The standard InChI is InChI=1S/C33H48FNO9/c1-30(2,3)26(36)40-18-21-22(42-27(37)31(4,5)6)23(43-28(38)32(7,8)9)24(44-29(39)33(10,11)12)25(41-21)35-17-19-15-13-14-16-20(19)34/h13-17,21-25H,18H2,1-12H3/t21?,22-,23-,24?,25-/m1/s1. The van der Waals surface area contributed by atoms with Crippen LogP contribution in [0.15, 0.2) is 29.3 Å². The van der Waals surface area contributed by atoms with Crippen molar-refractivity contribution in [3.05, 3.63) is 35.6 Å². The van der Waals surface area contributed by atoms with Crippen LogP contribution in [0.5, 0.6) is 0 Å². The second-order valence-electron chi connectivity index (χ2n) is 15.1. The van der Waals surface area contributed by atoms with E-state index in [0.29, 0.717) is 0 Å². The van der Waals surface area contributed by atoms with Crippen LogP contribution in [0, 0.1) is 27.5 Å². The van der Waals surface area contributed by atoms with E-state index in [1.54, 1.807) is 89.2 Å². The molecule has 2 unspecified atom stereocenters. The summed E-state index contributed by atoms with van der Waals surface area (Å²) < 4.78 is 44.0. The van der Waals surface area contributed by atoms with E-state index in [2.05, 4.69) is 4.99 Å². The number of aliphatic imine (C=N–C) groups is 1. The van der Waals surface area contributed by atoms with E-state index in [9.17, 15) is 23.6 Å². The topological polar surface area (TPSA) is 127 Å². The van der Waals surface area contributed by atoms with Crippen molar-refractivity contribution >= 4 is 30.1 Å². The van der Waals surface area contributed by atoms with Gasteiger partial charge in [0, 0.05) is 11.8 Å². The Morgan fingerprint density at radius 1 is 0.705 bits per heavy atom. The number of nitrogens with zero attached hydrogens (tertiary/aromatic N) is 1. The van der Waals surface area contributed by atoms with E-state index < -0.39 is 88.6 Å². The van der Waals surface area contributed by atoms with Crippen LogP contribution in [-0.4, -0.2) is 67.3 Å². The first-order valence-electron chi connectivity index (χ1n) is 14.7. The fourth-order valence-electron chi connectivity index (χ4n) is 3.56. The molecule has 2 rings (SSSR count). The van der Waals surface area contributed by atoms with Crippen LogP contribution in [0.4, 0.5) is 4.39 Å². The zero-order chi connectivity index (χ0) is 33.8. The van der Waals surface area contributed by atoms with Crippen LogP contribution >= 0.6 is 0 Å². The Morgan fingerprint density at radius 2 is 1.14 bits per heavy atom. The van der Waals surface area contributed by atoms with E-state index >= 15 is 0 Å². The normalized spacial score (nSPS) is 23.2. The predicted octanol–water partition coefficient (Wildman–Crippen LogP) is 5.43. The highest BCUT2D eigenvalue weighted by Gasteiger charge is 2.54. The molecule has 1 saturated heterocycles. The molecule has 1 aliphatic rings. The minimum atomic E-state index is -1.44. The maximum atomic E-state index is 14.5. The molecule has 1 aromatic carbocycles. The van der Waals surface area contributed by atoms with Gasteiger partial charge >= 0.3 is 23.9 Å². The summed E-state index contributed by atoms with van der Waals surface area (Å²) in [6, 6.07) is 5.89. The molecule has 0 spiro atoms. The number of hydrogen-bond acceptors (Lipinski definition) is 10. The summed E-state index contributed by atoms with van der Waals surface area (Å²) in [6.45, 7) is 19.4. The van der Waals surface area contributed by atoms with Crippen LogP contribution in [0.2, 0.25) is 0 Å². The summed E-state index contributed by atoms with van der Waals surface area (Å²) in [5.74, 6) is -3.13. The Labute approximate surface area is 260 Å². The van der Waals surface area contributed by atoms with Gasteiger partial charge in [0.05, 0.1) is 21.7 Å². The number of carbonyl (C=O) groups is 4. The first kappa shape index (κ1) is 36.8. The Hall–Kier alpha value is -3.34. The molecule has 11 heteroatoms. The van der Waals surface area contributed by atoms with Gasteiger partial charge in [0.15, 0.2) is 24.5 Å². The van der Waals surface area contributed by atoms with Crippen molar-refractivity contribution in [2.24, 2.45) is 26.7 Å². The van der Waals surface area contributed by atoms with Crippen LogP contribution in [-0.2, 0) is 42.9 Å². The maximum Gasteiger partial charge on any atom is 0.311 e. The molecule has 0 radical (unpaired) electrons. The van der Waals surface area contributed by atoms with E-state index in [1.807, 2.05) is 0 Å². The third-order valence-electron chi connectivity index (χ3n) is 6.43. The molecule has 0 aromatic heterocycles. The van der Waals surface area contributed by atoms with Gasteiger partial charge in [0.25, 0.3) is 0 Å². The lowest BCUT2D eigenvalue weighted by Gasteiger charge is -2.45. The maximum absolute atomic E-state index is 14.5. The Kier molecular flexibility index (Phi) is 11.5. The molecule has 1 aliphatic heterocycles. The van der Waals surface area contributed by atoms with Gasteiger partial charge in [0.1, 0.15) is 18.5 Å². The van der Waals surface area contributed by atoms with E-state index in [1.165, 1.54) is 24.4 Å². The average molecular weight is 622 g/mol. The molecule has 1 heterocycles. The first-order valence-corrected chi connectivity index (χ1v) is 14.7. The van der Waals surface area contributed by atoms with Crippen LogP contribution in [0.1, 0.15) is 88.6 Å². The number of carbonyl (C=O) groups excluding carboxylic acids is 4. The molecule has 246 valence electrons. The van der Waals surface area contributed by atoms with Gasteiger partial charge in [-0.2, -0.15) is 0 Å². The Bertz CT molecular complexity index is 1230. The molecule has 0 N–H and O–H groups in total. The lowest BCUT2D eigenvalue weighted by atomic mass is 9.92. The fourth-order valence-corrected chi connectivity index (χ4v) is 3.56. The number of halogens is 1. The molecular weight excluding hydrogens is 573 g/mol. The van der Waals surface area contributed by atoms with Crippen molar-refractivity contribution in [3.63, 3.8) is 0 Å². The van der Waals surface area contributed by atoms with Gasteiger partial charge < -0.3 is 23.7 Å². The molecular formula is C33H48FNO9. The third kappa shape index (κ3) is 10.1. The second kappa shape index (κ2) is 13.7. The van der Waals surface area contributed by atoms with Gasteiger partial charge in [-0.1, -0.05) is 18.2 Å². The minimum Gasteiger partial charge on any atom is -0.462 e. The number of esters is 4. The van der Waals surface area contributed by atoms with E-state index in [4.69, 9.17) is 23.7 Å². The van der Waals surface area contributed by atoms with Gasteiger partial charge in [0.2, 0.25) is 0 Å². The highest BCUT2D eigenvalue weighted by atomic mass is 19.1. The predicted molar refractivity (Wildman–Crippen MR) is 161 cm³/mol. The molecule has 0 aliphatic carbocycles. The molecule has 0 amide bonds. The van der Waals surface area contributed by atoms with E-state index in [0.717, 1.165) is 0 Å². The zero-order valence-electron chi connectivity index (χ0n) is 28.0. The van der Waals surface area contributed by atoms with E-state index in [-0.39, 0.29) is 5.56 Å². The Balaban J connectivity index is 2.73. The van der Waals surface area contributed by atoms with Crippen LogP contribution in [0.3, 0.4) is 0 Å². The lowest BCUT2D eigenvalue weighted by Crippen LogP contribution is -2.63. The highest BCUT2D eigenvalue weighted by molar-refractivity contribution is 5.80. The number of ether oxygens (including phenoxy) is 5. The minimum absolute atomic E-state index is 0.122. The SMILES string of the molecule is CC(C)(C)C(=O)OCC1O[C@@H](N=Cc2ccccc2F)C(OC(=O)C(C)(C)C)[C@H](OC(=O)C(C)(C)C)[C@@H]1OC(=O)C(C)(C)C. The largest absolute Gasteiger partial charge is 0.462 e. The quantitative estimate of drug-likeness (QED) is 0.222. The average Bonchev–Trinajstić information content (AvgIpc) is 2.87. The smallest absolute Gasteiger partial charge is 0.311 e. The molecule has 1 fully saturated rings. The number of rotatable bonds is 7. The summed E-state index contributed by atoms with van der Waals surface area (Å²) in [7, 11) is 0. The third-order valence-corrected chi connectivity index (χ3v) is 6.43. The van der Waals surface area contributed by atoms with Gasteiger partial charge in [-0.15, -0.1) is 0 Å². The fraction of sp³-hybridized carbons (Fsp3) is 0.667. The highest BCUT2D eigenvalue weighted by Crippen LogP contribution is 2.34. The summed E-state index contributed by atoms with van der Waals surface area (Å²) in [4.78, 5) is 56.9. The van der Waals surface area contributed by atoms with Crippen LogP contribution < -0.4 is 0 Å². The molecule has 44 heavy (non-hydrogen) atoms. The lowest BCUT2D eigenvalue weighted by molar-refractivity contribution is -0.258. The van der Waals surface area contributed by atoms with Crippen LogP contribution in [0.25, 0.3) is 0 Å². The molecule has 1 aromatic rings. The summed E-state index contributed by atoms with van der Waals surface area (Å²) >= 11 is 0. The summed E-state index contributed by atoms with van der Waals surface area (Å²) in [6.07, 6.45) is -5.62. The number of hydrogen-bond donors (Lipinski definition) is 0. The van der Waals surface area contributed by atoms with Crippen molar-refractivity contribution in [2.75, 3.05) is 6.61 Å². The summed E-state index contributed by atoms with van der Waals surface area (Å²) in [5, 5.41) is 0. The molecule has 0 saturated carbocycles. The van der Waals surface area contributed by atoms with Crippen molar-refractivity contribution < 1.29 is 47.3 Å². The van der Waals surface area contributed by atoms with Crippen molar-refractivity contribution in [2.45, 2.75) is 114 Å². The van der Waals surface area contributed by atoms with Gasteiger partial charge in [-0.05, 0) is 89.2 Å². The number of benzene rings is 1. The monoisotopic (exact) mass is 621 g/mol. The second-order valence-corrected chi connectivity index (χ2v) is 15.1. The van der Waals surface area contributed by atoms with Crippen molar-refractivity contribution in [1.82, 2.24) is 0 Å². The van der Waals surface area contributed by atoms with Crippen molar-refractivity contribution in [1.29, 1.82) is 0 Å². The summed E-state index contributed by atoms with van der Waals surface area (Å²) in [5.41, 5.74) is -3.72. The molecule has 5 atom stereocenters. The zero-order valence-corrected chi connectivity index (χ0v) is 28.0.